The van der Waals surface area contributed by atoms with E-state index in [1.807, 2.05) is 19.1 Å². The van der Waals surface area contributed by atoms with Gasteiger partial charge >= 0.3 is 6.29 Å². The number of aryl methyl sites for hydroxylation is 1. The normalized spacial score (nSPS) is 15.2. The summed E-state index contributed by atoms with van der Waals surface area (Å²) in [4.78, 5) is 0. The van der Waals surface area contributed by atoms with Crippen LogP contribution in [0, 0.1) is 6.92 Å². The van der Waals surface area contributed by atoms with Crippen molar-refractivity contribution in [2.24, 2.45) is 0 Å². The zero-order chi connectivity index (χ0) is 14.3. The van der Waals surface area contributed by atoms with Gasteiger partial charge in [-0.1, -0.05) is 0 Å². The SMILES string of the molecule is Cc1cc(Nc2ccc3c(c2)OC(F)(F)O3)ccc1N. The highest BCUT2D eigenvalue weighted by Gasteiger charge is 2.43. The van der Waals surface area contributed by atoms with Crippen LogP contribution in [0.4, 0.5) is 25.8 Å². The van der Waals surface area contributed by atoms with Crippen LogP contribution in [0.1, 0.15) is 5.56 Å². The van der Waals surface area contributed by atoms with Gasteiger partial charge in [-0.2, -0.15) is 0 Å². The molecule has 6 heteroatoms. The van der Waals surface area contributed by atoms with E-state index in [2.05, 4.69) is 14.8 Å². The molecule has 0 amide bonds. The van der Waals surface area contributed by atoms with E-state index in [-0.39, 0.29) is 11.5 Å². The molecule has 0 bridgehead atoms. The predicted molar refractivity (Wildman–Crippen MR) is 71.5 cm³/mol. The largest absolute Gasteiger partial charge is 0.586 e. The van der Waals surface area contributed by atoms with Crippen molar-refractivity contribution >= 4 is 17.1 Å². The molecule has 104 valence electrons. The summed E-state index contributed by atoms with van der Waals surface area (Å²) >= 11 is 0. The first-order chi connectivity index (χ1) is 9.43. The molecule has 3 rings (SSSR count). The number of rotatable bonds is 2. The molecule has 20 heavy (non-hydrogen) atoms. The van der Waals surface area contributed by atoms with E-state index in [0.717, 1.165) is 11.3 Å². The third kappa shape index (κ3) is 2.32. The number of nitrogen functional groups attached to an aromatic ring is 1. The van der Waals surface area contributed by atoms with Crippen molar-refractivity contribution in [1.29, 1.82) is 0 Å². The first kappa shape index (κ1) is 12.5. The van der Waals surface area contributed by atoms with Crippen molar-refractivity contribution in [3.63, 3.8) is 0 Å². The molecule has 1 aliphatic rings. The lowest BCUT2D eigenvalue weighted by Crippen LogP contribution is -2.25. The summed E-state index contributed by atoms with van der Waals surface area (Å²) in [6, 6.07) is 9.98. The Labute approximate surface area is 114 Å². The number of benzene rings is 2. The van der Waals surface area contributed by atoms with Crippen molar-refractivity contribution in [3.8, 4) is 11.5 Å². The Hall–Kier alpha value is -2.50. The minimum atomic E-state index is -3.60. The van der Waals surface area contributed by atoms with Crippen LogP contribution >= 0.6 is 0 Å². The van der Waals surface area contributed by atoms with E-state index >= 15 is 0 Å². The van der Waals surface area contributed by atoms with E-state index in [9.17, 15) is 8.78 Å². The quantitative estimate of drug-likeness (QED) is 0.823. The second-order valence-corrected chi connectivity index (χ2v) is 4.53. The number of alkyl halides is 2. The highest BCUT2D eigenvalue weighted by atomic mass is 19.3. The predicted octanol–water partition coefficient (Wildman–Crippen LogP) is 3.64. The van der Waals surface area contributed by atoms with Crippen LogP contribution in [0.2, 0.25) is 0 Å². The Bertz CT molecular complexity index is 674. The van der Waals surface area contributed by atoms with E-state index in [1.54, 1.807) is 12.1 Å². The molecule has 0 saturated carbocycles. The molecule has 1 aliphatic heterocycles. The molecule has 1 heterocycles. The highest BCUT2D eigenvalue weighted by molar-refractivity contribution is 5.66. The zero-order valence-electron chi connectivity index (χ0n) is 10.6. The number of halogens is 2. The Kier molecular flexibility index (Phi) is 2.67. The zero-order valence-corrected chi connectivity index (χ0v) is 10.6. The molecule has 0 aromatic heterocycles. The molecule has 4 nitrogen and oxygen atoms in total. The standard InChI is InChI=1S/C14H12F2N2O2/c1-8-6-9(2-4-11(8)17)18-10-3-5-12-13(7-10)20-14(15,16)19-12/h2-7,18H,17H2,1H3. The number of nitrogens with two attached hydrogens (primary N) is 1. The average molecular weight is 278 g/mol. The lowest BCUT2D eigenvalue weighted by Gasteiger charge is -2.09. The van der Waals surface area contributed by atoms with E-state index in [4.69, 9.17) is 5.73 Å². The lowest BCUT2D eigenvalue weighted by atomic mass is 10.2. The van der Waals surface area contributed by atoms with Crippen LogP contribution in [0.15, 0.2) is 36.4 Å². The van der Waals surface area contributed by atoms with Crippen molar-refractivity contribution in [2.75, 3.05) is 11.1 Å². The van der Waals surface area contributed by atoms with Gasteiger partial charge in [0.05, 0.1) is 0 Å². The van der Waals surface area contributed by atoms with Crippen molar-refractivity contribution in [2.45, 2.75) is 13.2 Å². The maximum atomic E-state index is 12.9. The maximum absolute atomic E-state index is 12.9. The average Bonchev–Trinajstić information content (AvgIpc) is 2.67. The number of anilines is 3. The van der Waals surface area contributed by atoms with Crippen LogP contribution in [0.25, 0.3) is 0 Å². The van der Waals surface area contributed by atoms with Crippen LogP contribution in [0.5, 0.6) is 11.5 Å². The van der Waals surface area contributed by atoms with Crippen LogP contribution in [-0.2, 0) is 0 Å². The molecule has 0 atom stereocenters. The van der Waals surface area contributed by atoms with Crippen LogP contribution < -0.4 is 20.5 Å². The first-order valence-electron chi connectivity index (χ1n) is 5.96. The molecule has 3 N–H and O–H groups in total. The Morgan fingerprint density at radius 1 is 1.00 bits per heavy atom. The number of hydrogen-bond acceptors (Lipinski definition) is 4. The van der Waals surface area contributed by atoms with Crippen LogP contribution in [-0.4, -0.2) is 6.29 Å². The summed E-state index contributed by atoms with van der Waals surface area (Å²) in [6.07, 6.45) is -3.60. The topological polar surface area (TPSA) is 56.5 Å². The molecular weight excluding hydrogens is 266 g/mol. The van der Waals surface area contributed by atoms with Crippen molar-refractivity contribution < 1.29 is 18.3 Å². The Balaban J connectivity index is 1.84. The summed E-state index contributed by atoms with van der Waals surface area (Å²) in [5.41, 5.74) is 8.79. The molecule has 0 spiro atoms. The molecule has 0 fully saturated rings. The second kappa shape index (κ2) is 4.26. The van der Waals surface area contributed by atoms with E-state index in [0.29, 0.717) is 11.4 Å². The fourth-order valence-corrected chi connectivity index (χ4v) is 1.95. The summed E-state index contributed by atoms with van der Waals surface area (Å²) < 4.78 is 34.6. The monoisotopic (exact) mass is 278 g/mol. The van der Waals surface area contributed by atoms with Gasteiger partial charge < -0.3 is 20.5 Å². The molecule has 0 radical (unpaired) electrons. The minimum Gasteiger partial charge on any atom is -0.399 e. The summed E-state index contributed by atoms with van der Waals surface area (Å²) in [6.45, 7) is 1.89. The van der Waals surface area contributed by atoms with Gasteiger partial charge in [-0.25, -0.2) is 0 Å². The molecule has 0 unspecified atom stereocenters. The summed E-state index contributed by atoms with van der Waals surface area (Å²) in [5.74, 6) is 0.0289. The van der Waals surface area contributed by atoms with Gasteiger partial charge in [-0.3, -0.25) is 0 Å². The molecule has 0 saturated heterocycles. The Morgan fingerprint density at radius 3 is 2.40 bits per heavy atom. The van der Waals surface area contributed by atoms with Gasteiger partial charge in [0, 0.05) is 23.1 Å². The fraction of sp³-hybridized carbons (Fsp3) is 0.143. The molecule has 2 aromatic carbocycles. The number of ether oxygens (including phenoxy) is 2. The third-order valence-corrected chi connectivity index (χ3v) is 2.96. The number of nitrogens with one attached hydrogen (secondary N) is 1. The van der Waals surface area contributed by atoms with Gasteiger partial charge in [0.2, 0.25) is 0 Å². The Morgan fingerprint density at radius 2 is 1.65 bits per heavy atom. The number of fused-ring (bicyclic) bond motifs is 1. The van der Waals surface area contributed by atoms with Crippen molar-refractivity contribution in [1.82, 2.24) is 0 Å². The minimum absolute atomic E-state index is 0.00664. The molecule has 0 aliphatic carbocycles. The summed E-state index contributed by atoms with van der Waals surface area (Å²) in [7, 11) is 0. The lowest BCUT2D eigenvalue weighted by molar-refractivity contribution is -0.286. The number of hydrogen-bond donors (Lipinski definition) is 2. The van der Waals surface area contributed by atoms with Gasteiger partial charge in [-0.05, 0) is 42.8 Å². The maximum Gasteiger partial charge on any atom is 0.586 e. The van der Waals surface area contributed by atoms with Gasteiger partial charge in [-0.15, -0.1) is 8.78 Å². The van der Waals surface area contributed by atoms with Crippen LogP contribution in [0.3, 0.4) is 0 Å². The van der Waals surface area contributed by atoms with Gasteiger partial charge in [0.15, 0.2) is 11.5 Å². The third-order valence-electron chi connectivity index (χ3n) is 2.96. The molecule has 2 aromatic rings. The first-order valence-corrected chi connectivity index (χ1v) is 5.96. The fourth-order valence-electron chi connectivity index (χ4n) is 1.95. The molecular formula is C14H12F2N2O2. The van der Waals surface area contributed by atoms with E-state index in [1.165, 1.54) is 12.1 Å². The summed E-state index contributed by atoms with van der Waals surface area (Å²) in [5, 5.41) is 3.09. The smallest absolute Gasteiger partial charge is 0.399 e. The van der Waals surface area contributed by atoms with Gasteiger partial charge in [0.1, 0.15) is 0 Å². The van der Waals surface area contributed by atoms with Crippen molar-refractivity contribution in [3.05, 3.63) is 42.0 Å². The van der Waals surface area contributed by atoms with E-state index < -0.39 is 6.29 Å². The van der Waals surface area contributed by atoms with Gasteiger partial charge in [0.25, 0.3) is 0 Å². The highest BCUT2D eigenvalue weighted by Crippen LogP contribution is 2.42. The second-order valence-electron chi connectivity index (χ2n) is 4.53.